The first-order valence-corrected chi connectivity index (χ1v) is 5.92. The number of aromatic nitrogens is 6. The fourth-order valence-electron chi connectivity index (χ4n) is 1.69. The Morgan fingerprint density at radius 1 is 1.33 bits per heavy atom. The number of amides is 1. The normalized spacial score (nSPS) is 10.7. The molecule has 0 fully saturated rings. The van der Waals surface area contributed by atoms with Crippen molar-refractivity contribution in [3.8, 4) is 0 Å². The Hall–Kier alpha value is -3.30. The van der Waals surface area contributed by atoms with Gasteiger partial charge >= 0.3 is 0 Å². The quantitative estimate of drug-likeness (QED) is 0.478. The highest BCUT2D eigenvalue weighted by Crippen LogP contribution is 2.03. The van der Waals surface area contributed by atoms with E-state index in [9.17, 15) is 9.59 Å². The summed E-state index contributed by atoms with van der Waals surface area (Å²) in [6, 6.07) is 0. The van der Waals surface area contributed by atoms with E-state index in [4.69, 9.17) is 5.73 Å². The summed E-state index contributed by atoms with van der Waals surface area (Å²) in [4.78, 5) is 44.4. The number of nitrogens with zero attached hydrogens (tertiary/aromatic N) is 4. The molecule has 0 aromatic carbocycles. The van der Waals surface area contributed by atoms with E-state index in [2.05, 4.69) is 35.2 Å². The van der Waals surface area contributed by atoms with Gasteiger partial charge in [-0.3, -0.25) is 14.6 Å². The number of anilines is 1. The van der Waals surface area contributed by atoms with Crippen LogP contribution in [0, 0.1) is 0 Å². The average Bonchev–Trinajstić information content (AvgIpc) is 2.97. The van der Waals surface area contributed by atoms with Crippen LogP contribution in [0.1, 0.15) is 16.3 Å². The number of nitrogens with one attached hydrogen (secondary N) is 3. The van der Waals surface area contributed by atoms with Gasteiger partial charge < -0.3 is 16.0 Å². The van der Waals surface area contributed by atoms with E-state index in [0.717, 1.165) is 0 Å². The van der Waals surface area contributed by atoms with Crippen LogP contribution in [-0.4, -0.2) is 35.8 Å². The molecule has 0 aliphatic carbocycles. The van der Waals surface area contributed by atoms with Crippen LogP contribution in [-0.2, 0) is 6.54 Å². The number of hydrogen-bond donors (Lipinski definition) is 4. The van der Waals surface area contributed by atoms with Gasteiger partial charge in [-0.25, -0.2) is 15.0 Å². The number of nitrogens with two attached hydrogens (primary N) is 1. The second kappa shape index (κ2) is 5.00. The summed E-state index contributed by atoms with van der Waals surface area (Å²) < 4.78 is 0. The van der Waals surface area contributed by atoms with Crippen molar-refractivity contribution in [1.29, 1.82) is 0 Å². The SMILES string of the molecule is Nc1nc2nc(C(=O)NCc3ncc[nH]3)cnc2c(=O)[nH]1. The largest absolute Gasteiger partial charge is 0.369 e. The molecular weight excluding hydrogens is 276 g/mol. The molecule has 106 valence electrons. The summed E-state index contributed by atoms with van der Waals surface area (Å²) in [6.45, 7) is 0.219. The van der Waals surface area contributed by atoms with E-state index in [1.54, 1.807) is 12.4 Å². The number of carbonyl (C=O) groups is 1. The Morgan fingerprint density at radius 3 is 2.95 bits per heavy atom. The van der Waals surface area contributed by atoms with Crippen LogP contribution in [0.4, 0.5) is 5.95 Å². The first-order chi connectivity index (χ1) is 10.1. The highest BCUT2D eigenvalue weighted by molar-refractivity contribution is 5.93. The lowest BCUT2D eigenvalue weighted by atomic mass is 10.4. The predicted molar refractivity (Wildman–Crippen MR) is 72.1 cm³/mol. The second-order valence-corrected chi connectivity index (χ2v) is 4.10. The Labute approximate surface area is 116 Å². The van der Waals surface area contributed by atoms with Crippen molar-refractivity contribution in [1.82, 2.24) is 35.2 Å². The number of rotatable bonds is 3. The van der Waals surface area contributed by atoms with Gasteiger partial charge in [0.05, 0.1) is 12.7 Å². The summed E-state index contributed by atoms with van der Waals surface area (Å²) in [5, 5.41) is 2.62. The summed E-state index contributed by atoms with van der Waals surface area (Å²) in [5.74, 6) is 0.0623. The van der Waals surface area contributed by atoms with Crippen molar-refractivity contribution in [2.45, 2.75) is 6.54 Å². The number of hydrogen-bond acceptors (Lipinski definition) is 7. The molecule has 0 unspecified atom stereocenters. The summed E-state index contributed by atoms with van der Waals surface area (Å²) in [6.07, 6.45) is 4.43. The lowest BCUT2D eigenvalue weighted by molar-refractivity contribution is 0.0945. The third kappa shape index (κ3) is 2.54. The molecule has 3 aromatic heterocycles. The van der Waals surface area contributed by atoms with Gasteiger partial charge in [0.15, 0.2) is 11.2 Å². The summed E-state index contributed by atoms with van der Waals surface area (Å²) >= 11 is 0. The highest BCUT2D eigenvalue weighted by atomic mass is 16.2. The topological polar surface area (TPSA) is 155 Å². The Kier molecular flexibility index (Phi) is 3.03. The molecule has 3 heterocycles. The molecule has 21 heavy (non-hydrogen) atoms. The molecule has 0 spiro atoms. The van der Waals surface area contributed by atoms with Crippen molar-refractivity contribution in [3.63, 3.8) is 0 Å². The Balaban J connectivity index is 1.86. The fourth-order valence-corrected chi connectivity index (χ4v) is 1.69. The van der Waals surface area contributed by atoms with E-state index < -0.39 is 11.5 Å². The first kappa shape index (κ1) is 12.7. The van der Waals surface area contributed by atoms with Crippen molar-refractivity contribution in [2.24, 2.45) is 0 Å². The van der Waals surface area contributed by atoms with Gasteiger partial charge in [0.25, 0.3) is 11.5 Å². The van der Waals surface area contributed by atoms with Gasteiger partial charge in [-0.1, -0.05) is 0 Å². The zero-order valence-corrected chi connectivity index (χ0v) is 10.6. The molecular formula is C11H10N8O2. The van der Waals surface area contributed by atoms with E-state index in [1.165, 1.54) is 6.20 Å². The van der Waals surface area contributed by atoms with Crippen molar-refractivity contribution in [3.05, 3.63) is 40.5 Å². The van der Waals surface area contributed by atoms with E-state index >= 15 is 0 Å². The number of fused-ring (bicyclic) bond motifs is 1. The number of aromatic amines is 2. The summed E-state index contributed by atoms with van der Waals surface area (Å²) in [7, 11) is 0. The van der Waals surface area contributed by atoms with Crippen LogP contribution in [0.3, 0.4) is 0 Å². The summed E-state index contributed by atoms with van der Waals surface area (Å²) in [5.41, 5.74) is 4.99. The monoisotopic (exact) mass is 286 g/mol. The molecule has 0 atom stereocenters. The number of imidazole rings is 1. The van der Waals surface area contributed by atoms with Gasteiger partial charge in [-0.15, -0.1) is 0 Å². The molecule has 0 aliphatic heterocycles. The van der Waals surface area contributed by atoms with Crippen LogP contribution >= 0.6 is 0 Å². The van der Waals surface area contributed by atoms with Crippen LogP contribution in [0.2, 0.25) is 0 Å². The third-order valence-corrected chi connectivity index (χ3v) is 2.64. The van der Waals surface area contributed by atoms with Crippen LogP contribution in [0.25, 0.3) is 11.2 Å². The zero-order valence-electron chi connectivity index (χ0n) is 10.6. The molecule has 0 aliphatic rings. The highest BCUT2D eigenvalue weighted by Gasteiger charge is 2.12. The minimum atomic E-state index is -0.507. The van der Waals surface area contributed by atoms with E-state index in [-0.39, 0.29) is 29.4 Å². The molecule has 5 N–H and O–H groups in total. The number of H-pyrrole nitrogens is 2. The molecule has 0 bridgehead atoms. The molecule has 0 radical (unpaired) electrons. The lowest BCUT2D eigenvalue weighted by Gasteiger charge is -2.03. The van der Waals surface area contributed by atoms with Gasteiger partial charge in [-0.2, -0.15) is 4.98 Å². The molecule has 1 amide bonds. The third-order valence-electron chi connectivity index (χ3n) is 2.64. The number of nitrogen functional groups attached to an aromatic ring is 1. The van der Waals surface area contributed by atoms with Gasteiger partial charge in [0.2, 0.25) is 5.95 Å². The molecule has 0 saturated carbocycles. The van der Waals surface area contributed by atoms with Gasteiger partial charge in [0.1, 0.15) is 11.5 Å². The smallest absolute Gasteiger partial charge is 0.280 e. The molecule has 10 heteroatoms. The maximum atomic E-state index is 12.0. The lowest BCUT2D eigenvalue weighted by Crippen LogP contribution is -2.25. The minimum Gasteiger partial charge on any atom is -0.369 e. The average molecular weight is 286 g/mol. The maximum absolute atomic E-state index is 12.0. The Morgan fingerprint density at radius 2 is 2.19 bits per heavy atom. The van der Waals surface area contributed by atoms with Gasteiger partial charge in [-0.05, 0) is 0 Å². The maximum Gasteiger partial charge on any atom is 0.280 e. The zero-order chi connectivity index (χ0) is 14.8. The van der Waals surface area contributed by atoms with Crippen molar-refractivity contribution in [2.75, 3.05) is 5.73 Å². The minimum absolute atomic E-state index is 0.0156. The predicted octanol–water partition coefficient (Wildman–Crippen LogP) is -1.05. The van der Waals surface area contributed by atoms with E-state index in [0.29, 0.717) is 5.82 Å². The fraction of sp³-hybridized carbons (Fsp3) is 0.0909. The molecule has 3 aromatic rings. The molecule has 10 nitrogen and oxygen atoms in total. The standard InChI is InChI=1S/C11H10N8O2/c12-11-18-8-7(10(21)19-11)15-3-5(17-8)9(20)16-4-6-13-1-2-14-6/h1-3H,4H2,(H,13,14)(H,16,20)(H3,12,17,18,19,21). The van der Waals surface area contributed by atoms with Crippen molar-refractivity contribution >= 4 is 23.0 Å². The van der Waals surface area contributed by atoms with Gasteiger partial charge in [0, 0.05) is 12.4 Å². The second-order valence-electron chi connectivity index (χ2n) is 4.10. The molecule has 0 saturated heterocycles. The Bertz CT molecular complexity index is 854. The van der Waals surface area contributed by atoms with Crippen LogP contribution in [0.5, 0.6) is 0 Å². The van der Waals surface area contributed by atoms with Crippen LogP contribution in [0.15, 0.2) is 23.4 Å². The number of carbonyl (C=O) groups excluding carboxylic acids is 1. The van der Waals surface area contributed by atoms with E-state index in [1.807, 2.05) is 0 Å². The van der Waals surface area contributed by atoms with Crippen LogP contribution < -0.4 is 16.6 Å². The first-order valence-electron chi connectivity index (χ1n) is 5.92. The van der Waals surface area contributed by atoms with Crippen molar-refractivity contribution < 1.29 is 4.79 Å². The molecule has 3 rings (SSSR count).